The average Bonchev–Trinajstić information content (AvgIpc) is 3.60. The number of aromatic nitrogens is 3. The van der Waals surface area contributed by atoms with E-state index in [1.165, 1.54) is 11.0 Å². The number of hydrogen-bond donors (Lipinski definition) is 1. The highest BCUT2D eigenvalue weighted by molar-refractivity contribution is 8.02. The van der Waals surface area contributed by atoms with Gasteiger partial charge in [-0.3, -0.25) is 14.4 Å². The van der Waals surface area contributed by atoms with Gasteiger partial charge >= 0.3 is 5.97 Å². The highest BCUT2D eigenvalue weighted by Gasteiger charge is 2.76. The maximum absolute atomic E-state index is 14.3. The van der Waals surface area contributed by atoms with E-state index in [1.807, 2.05) is 31.2 Å². The van der Waals surface area contributed by atoms with Crippen molar-refractivity contribution in [3.63, 3.8) is 0 Å². The number of rotatable bonds is 10. The Hall–Kier alpha value is -3.18. The second-order valence-electron chi connectivity index (χ2n) is 9.79. The number of aliphatic hydroxyl groups is 1. The van der Waals surface area contributed by atoms with Crippen LogP contribution in [0.15, 0.2) is 49.6 Å². The van der Waals surface area contributed by atoms with E-state index in [9.17, 15) is 19.5 Å². The molecular weight excluding hydrogens is 494 g/mol. The van der Waals surface area contributed by atoms with Crippen molar-refractivity contribution in [3.05, 3.63) is 49.6 Å². The molecule has 2 bridgehead atoms. The first-order valence-corrected chi connectivity index (χ1v) is 13.3. The van der Waals surface area contributed by atoms with Crippen LogP contribution in [0.25, 0.3) is 11.0 Å². The number of carbonyl (C=O) groups excluding carboxylic acids is 3. The maximum atomic E-state index is 14.3. The maximum Gasteiger partial charge on any atom is 0.311 e. The Labute approximate surface area is 219 Å². The number of aliphatic hydroxyl groups excluding tert-OH is 1. The quantitative estimate of drug-likeness (QED) is 0.366. The molecule has 3 fully saturated rings. The monoisotopic (exact) mass is 525 g/mol. The number of carbonyl (C=O) groups is 3. The number of β-amino-alcohol motifs (C(OH)–C–C–N with tert-alkyl or cyclic N) is 1. The number of hydrogen-bond acceptors (Lipinski definition) is 8. The van der Waals surface area contributed by atoms with Gasteiger partial charge in [0.1, 0.15) is 24.8 Å². The fourth-order valence-corrected chi connectivity index (χ4v) is 8.79. The molecule has 2 amide bonds. The minimum atomic E-state index is -0.839. The minimum absolute atomic E-state index is 0.00798. The Kier molecular flexibility index (Phi) is 6.84. The van der Waals surface area contributed by atoms with E-state index in [4.69, 9.17) is 4.74 Å². The SMILES string of the molecule is C=CCOC(=O)[C@@H]1[C@H]2C(=O)N(CCO)C(C(=O)N(CC=C)Cn3nnc4ccccc43)C23S[C@@H]1CC3C. The normalized spacial score (nSPS) is 29.9. The molecule has 6 atom stereocenters. The van der Waals surface area contributed by atoms with E-state index in [-0.39, 0.29) is 56.0 Å². The van der Waals surface area contributed by atoms with Crippen LogP contribution in [0.4, 0.5) is 0 Å². The lowest BCUT2D eigenvalue weighted by molar-refractivity contribution is -0.153. The lowest BCUT2D eigenvalue weighted by atomic mass is 9.66. The summed E-state index contributed by atoms with van der Waals surface area (Å²) in [6, 6.07) is 6.64. The number of para-hydroxylation sites is 1. The van der Waals surface area contributed by atoms with Crippen LogP contribution in [-0.2, 0) is 25.8 Å². The first kappa shape index (κ1) is 25.5. The third-order valence-electron chi connectivity index (χ3n) is 7.82. The number of thioether (sulfide) groups is 1. The number of fused-ring (bicyclic) bond motifs is 2. The topological polar surface area (TPSA) is 118 Å². The molecule has 10 nitrogen and oxygen atoms in total. The molecule has 3 unspecified atom stereocenters. The molecule has 1 aromatic carbocycles. The third-order valence-corrected chi connectivity index (χ3v) is 9.90. The molecule has 3 aliphatic rings. The van der Waals surface area contributed by atoms with Gasteiger partial charge in [-0.1, -0.05) is 43.0 Å². The van der Waals surface area contributed by atoms with Crippen LogP contribution < -0.4 is 0 Å². The van der Waals surface area contributed by atoms with Gasteiger partial charge in [-0.05, 0) is 24.5 Å². The number of benzene rings is 1. The second-order valence-corrected chi connectivity index (χ2v) is 11.3. The highest BCUT2D eigenvalue weighted by atomic mass is 32.2. The summed E-state index contributed by atoms with van der Waals surface area (Å²) in [4.78, 5) is 44.3. The molecule has 0 aliphatic carbocycles. The first-order chi connectivity index (χ1) is 17.9. The Balaban J connectivity index is 1.52. The van der Waals surface area contributed by atoms with E-state index in [0.717, 1.165) is 5.52 Å². The molecule has 11 heteroatoms. The Morgan fingerprint density at radius 2 is 2.11 bits per heavy atom. The smallest absolute Gasteiger partial charge is 0.311 e. The number of ether oxygens (including phenoxy) is 1. The fraction of sp³-hybridized carbons (Fsp3) is 0.500. The van der Waals surface area contributed by atoms with Crippen LogP contribution >= 0.6 is 11.8 Å². The summed E-state index contributed by atoms with van der Waals surface area (Å²) >= 11 is 1.56. The average molecular weight is 526 g/mol. The van der Waals surface area contributed by atoms with Crippen LogP contribution in [-0.4, -0.2) is 90.0 Å². The number of amides is 2. The Morgan fingerprint density at radius 3 is 2.84 bits per heavy atom. The summed E-state index contributed by atoms with van der Waals surface area (Å²) in [5, 5.41) is 18.1. The number of esters is 1. The minimum Gasteiger partial charge on any atom is -0.461 e. The van der Waals surface area contributed by atoms with Crippen molar-refractivity contribution in [2.75, 3.05) is 26.3 Å². The lowest BCUT2D eigenvalue weighted by Gasteiger charge is -2.40. The van der Waals surface area contributed by atoms with E-state index in [2.05, 4.69) is 23.5 Å². The molecule has 3 saturated heterocycles. The lowest BCUT2D eigenvalue weighted by Crippen LogP contribution is -2.57. The molecule has 5 rings (SSSR count). The van der Waals surface area contributed by atoms with Crippen molar-refractivity contribution in [1.82, 2.24) is 24.8 Å². The molecule has 1 N–H and O–H groups in total. The molecule has 0 saturated carbocycles. The van der Waals surface area contributed by atoms with Crippen LogP contribution in [0.3, 0.4) is 0 Å². The van der Waals surface area contributed by atoms with Gasteiger partial charge in [0.25, 0.3) is 0 Å². The molecule has 37 heavy (non-hydrogen) atoms. The van der Waals surface area contributed by atoms with Crippen molar-refractivity contribution in [1.29, 1.82) is 0 Å². The summed E-state index contributed by atoms with van der Waals surface area (Å²) in [6.07, 6.45) is 3.84. The van der Waals surface area contributed by atoms with Gasteiger partial charge in [-0.25, -0.2) is 4.68 Å². The summed E-state index contributed by atoms with van der Waals surface area (Å²) in [7, 11) is 0. The van der Waals surface area contributed by atoms with Gasteiger partial charge in [-0.2, -0.15) is 0 Å². The van der Waals surface area contributed by atoms with Gasteiger partial charge in [-0.15, -0.1) is 23.4 Å². The van der Waals surface area contributed by atoms with Gasteiger partial charge in [0.2, 0.25) is 11.8 Å². The third kappa shape index (κ3) is 3.86. The van der Waals surface area contributed by atoms with E-state index >= 15 is 0 Å². The molecule has 1 spiro atoms. The predicted molar refractivity (Wildman–Crippen MR) is 138 cm³/mol. The highest BCUT2D eigenvalue weighted by Crippen LogP contribution is 2.68. The summed E-state index contributed by atoms with van der Waals surface area (Å²) in [6.45, 7) is 9.62. The van der Waals surface area contributed by atoms with Crippen molar-refractivity contribution < 1.29 is 24.2 Å². The van der Waals surface area contributed by atoms with Gasteiger partial charge < -0.3 is 19.6 Å². The molecule has 4 heterocycles. The molecule has 1 aromatic heterocycles. The molecule has 3 aliphatic heterocycles. The van der Waals surface area contributed by atoms with Gasteiger partial charge in [0, 0.05) is 18.3 Å². The zero-order chi connectivity index (χ0) is 26.3. The molecule has 0 radical (unpaired) electrons. The number of likely N-dealkylation sites (tertiary alicyclic amines) is 1. The largest absolute Gasteiger partial charge is 0.461 e. The fourth-order valence-electron chi connectivity index (χ4n) is 6.38. The van der Waals surface area contributed by atoms with Gasteiger partial charge in [0.05, 0.1) is 28.7 Å². The standard InChI is InChI=1S/C26H31N5O5S/c1-4-10-29(15-31-18-9-7-6-8-17(18)27-28-31)24(34)22-26-16(3)14-19(37-26)20(25(35)36-13-5-2)21(26)23(33)30(22)11-12-32/h4-9,16,19-22,32H,1-2,10-15H2,3H3/t16?,19-,20+,21+,22?,26?/m1/s1. The van der Waals surface area contributed by atoms with Gasteiger partial charge in [0.15, 0.2) is 0 Å². The van der Waals surface area contributed by atoms with Crippen LogP contribution in [0, 0.1) is 17.8 Å². The second kappa shape index (κ2) is 9.94. The summed E-state index contributed by atoms with van der Waals surface area (Å²) < 4.78 is 6.24. The van der Waals surface area contributed by atoms with Crippen LogP contribution in [0.5, 0.6) is 0 Å². The van der Waals surface area contributed by atoms with E-state index < -0.39 is 28.6 Å². The van der Waals surface area contributed by atoms with Crippen molar-refractivity contribution in [2.45, 2.75) is 36.1 Å². The van der Waals surface area contributed by atoms with E-state index in [1.54, 1.807) is 27.4 Å². The summed E-state index contributed by atoms with van der Waals surface area (Å²) in [5.41, 5.74) is 1.49. The van der Waals surface area contributed by atoms with Crippen molar-refractivity contribution in [2.24, 2.45) is 17.8 Å². The van der Waals surface area contributed by atoms with Crippen molar-refractivity contribution in [3.8, 4) is 0 Å². The van der Waals surface area contributed by atoms with Crippen LogP contribution in [0.1, 0.15) is 13.3 Å². The molecular formula is C26H31N5O5S. The van der Waals surface area contributed by atoms with E-state index in [0.29, 0.717) is 11.9 Å². The zero-order valence-corrected chi connectivity index (χ0v) is 21.5. The first-order valence-electron chi connectivity index (χ1n) is 12.4. The van der Waals surface area contributed by atoms with Crippen molar-refractivity contribution >= 4 is 40.6 Å². The molecule has 2 aromatic rings. The zero-order valence-electron chi connectivity index (χ0n) is 20.7. The predicted octanol–water partition coefficient (Wildman–Crippen LogP) is 1.46. The number of nitrogens with zero attached hydrogens (tertiary/aromatic N) is 5. The Morgan fingerprint density at radius 1 is 1.32 bits per heavy atom. The Bertz CT molecular complexity index is 1250. The molecule has 196 valence electrons. The van der Waals surface area contributed by atoms with Crippen LogP contribution in [0.2, 0.25) is 0 Å². The summed E-state index contributed by atoms with van der Waals surface area (Å²) in [5.74, 6) is -2.29.